The molecule has 0 aliphatic rings. The van der Waals surface area contributed by atoms with E-state index in [9.17, 15) is 9.18 Å². The number of nitrogens with one attached hydrogen (secondary N) is 2. The van der Waals surface area contributed by atoms with Crippen LogP contribution >= 0.6 is 15.9 Å². The number of carbonyl (C=O) groups excluding carboxylic acids is 1. The van der Waals surface area contributed by atoms with Crippen LogP contribution in [0.4, 0.5) is 9.18 Å². The molecule has 2 aromatic rings. The maximum absolute atomic E-state index is 13.0. The fourth-order valence-electron chi connectivity index (χ4n) is 1.70. The highest BCUT2D eigenvalue weighted by Crippen LogP contribution is 2.11. The number of carbonyl (C=O) groups is 1. The van der Waals surface area contributed by atoms with E-state index < -0.39 is 0 Å². The number of benzene rings is 2. The van der Waals surface area contributed by atoms with E-state index in [4.69, 9.17) is 0 Å². The third-order valence-corrected chi connectivity index (χ3v) is 3.17. The standard InChI is InChI=1S/C16H14BrFN2O/c17-14-5-1-4-13(9-14)11-20-16(21)19-8-7-12-3-2-6-15(18)10-12/h1-10H,11H2,(H2,19,20,21)/b8-7+. The molecule has 5 heteroatoms. The zero-order valence-corrected chi connectivity index (χ0v) is 12.7. The van der Waals surface area contributed by atoms with Crippen LogP contribution in [-0.2, 0) is 6.54 Å². The summed E-state index contributed by atoms with van der Waals surface area (Å²) < 4.78 is 13.9. The van der Waals surface area contributed by atoms with Crippen LogP contribution in [0.5, 0.6) is 0 Å². The molecule has 0 heterocycles. The Bertz CT molecular complexity index is 658. The molecule has 2 rings (SSSR count). The summed E-state index contributed by atoms with van der Waals surface area (Å²) >= 11 is 3.37. The molecule has 0 unspecified atom stereocenters. The summed E-state index contributed by atoms with van der Waals surface area (Å²) in [5.41, 5.74) is 1.68. The van der Waals surface area contributed by atoms with Gasteiger partial charge in [0.05, 0.1) is 0 Å². The van der Waals surface area contributed by atoms with Crippen molar-refractivity contribution in [2.45, 2.75) is 6.54 Å². The molecule has 2 amide bonds. The van der Waals surface area contributed by atoms with Gasteiger partial charge in [-0.1, -0.05) is 40.2 Å². The highest BCUT2D eigenvalue weighted by atomic mass is 79.9. The maximum Gasteiger partial charge on any atom is 0.319 e. The largest absolute Gasteiger partial charge is 0.334 e. The van der Waals surface area contributed by atoms with Gasteiger partial charge in [0.25, 0.3) is 0 Å². The van der Waals surface area contributed by atoms with E-state index in [1.807, 2.05) is 24.3 Å². The highest BCUT2D eigenvalue weighted by Gasteiger charge is 1.98. The molecule has 0 atom stereocenters. The molecule has 0 saturated heterocycles. The maximum atomic E-state index is 13.0. The van der Waals surface area contributed by atoms with Crippen LogP contribution in [-0.4, -0.2) is 6.03 Å². The molecule has 108 valence electrons. The van der Waals surface area contributed by atoms with E-state index in [1.165, 1.54) is 18.3 Å². The first kappa shape index (κ1) is 15.3. The van der Waals surface area contributed by atoms with Crippen LogP contribution in [0, 0.1) is 5.82 Å². The van der Waals surface area contributed by atoms with Crippen molar-refractivity contribution in [1.82, 2.24) is 10.6 Å². The summed E-state index contributed by atoms with van der Waals surface area (Å²) in [6.07, 6.45) is 3.10. The van der Waals surface area contributed by atoms with Gasteiger partial charge in [0, 0.05) is 17.2 Å². The Labute approximate surface area is 131 Å². The molecule has 0 bridgehead atoms. The van der Waals surface area contributed by atoms with Gasteiger partial charge in [-0.2, -0.15) is 0 Å². The minimum Gasteiger partial charge on any atom is -0.334 e. The van der Waals surface area contributed by atoms with Gasteiger partial charge in [-0.15, -0.1) is 0 Å². The van der Waals surface area contributed by atoms with E-state index in [1.54, 1.807) is 18.2 Å². The van der Waals surface area contributed by atoms with Crippen molar-refractivity contribution >= 4 is 28.0 Å². The lowest BCUT2D eigenvalue weighted by Crippen LogP contribution is -2.31. The first-order chi connectivity index (χ1) is 10.1. The first-order valence-electron chi connectivity index (χ1n) is 6.34. The van der Waals surface area contributed by atoms with Gasteiger partial charge in [0.1, 0.15) is 5.82 Å². The van der Waals surface area contributed by atoms with Crippen LogP contribution in [0.3, 0.4) is 0 Å². The Kier molecular flexibility index (Phi) is 5.51. The molecule has 21 heavy (non-hydrogen) atoms. The second-order valence-corrected chi connectivity index (χ2v) is 5.26. The second kappa shape index (κ2) is 7.59. The quantitative estimate of drug-likeness (QED) is 0.859. The Balaban J connectivity index is 1.80. The first-order valence-corrected chi connectivity index (χ1v) is 7.14. The van der Waals surface area contributed by atoms with Crippen LogP contribution in [0.15, 0.2) is 59.2 Å². The molecular weight excluding hydrogens is 335 g/mol. The number of halogens is 2. The molecule has 0 aliphatic heterocycles. The number of hydrogen-bond acceptors (Lipinski definition) is 1. The summed E-state index contributed by atoms with van der Waals surface area (Å²) in [5, 5.41) is 5.30. The van der Waals surface area contributed by atoms with Gasteiger partial charge in [0.15, 0.2) is 0 Å². The van der Waals surface area contributed by atoms with Crippen LogP contribution in [0.25, 0.3) is 6.08 Å². The number of hydrogen-bond donors (Lipinski definition) is 2. The van der Waals surface area contributed by atoms with Gasteiger partial charge in [-0.3, -0.25) is 0 Å². The summed E-state index contributed by atoms with van der Waals surface area (Å²) in [6.45, 7) is 0.430. The van der Waals surface area contributed by atoms with E-state index >= 15 is 0 Å². The summed E-state index contributed by atoms with van der Waals surface area (Å²) in [6, 6.07) is 13.5. The summed E-state index contributed by atoms with van der Waals surface area (Å²) in [5.74, 6) is -0.309. The molecule has 2 N–H and O–H groups in total. The average Bonchev–Trinajstić information content (AvgIpc) is 2.45. The zero-order chi connectivity index (χ0) is 15.1. The van der Waals surface area contributed by atoms with E-state index in [0.717, 1.165) is 10.0 Å². The lowest BCUT2D eigenvalue weighted by molar-refractivity contribution is 0.244. The molecule has 0 saturated carbocycles. The van der Waals surface area contributed by atoms with Gasteiger partial charge in [-0.05, 0) is 41.5 Å². The molecule has 2 aromatic carbocycles. The molecule has 0 aliphatic carbocycles. The molecule has 0 aromatic heterocycles. The van der Waals surface area contributed by atoms with Crippen molar-refractivity contribution in [3.63, 3.8) is 0 Å². The lowest BCUT2D eigenvalue weighted by atomic mass is 10.2. The van der Waals surface area contributed by atoms with Crippen LogP contribution < -0.4 is 10.6 Å². The predicted octanol–water partition coefficient (Wildman–Crippen LogP) is 4.06. The topological polar surface area (TPSA) is 41.1 Å². The van der Waals surface area contributed by atoms with Crippen molar-refractivity contribution in [1.29, 1.82) is 0 Å². The molecule has 3 nitrogen and oxygen atoms in total. The second-order valence-electron chi connectivity index (χ2n) is 4.35. The fourth-order valence-corrected chi connectivity index (χ4v) is 2.15. The third kappa shape index (κ3) is 5.39. The monoisotopic (exact) mass is 348 g/mol. The zero-order valence-electron chi connectivity index (χ0n) is 11.1. The van der Waals surface area contributed by atoms with Crippen molar-refractivity contribution in [3.05, 3.63) is 76.1 Å². The van der Waals surface area contributed by atoms with Gasteiger partial charge >= 0.3 is 6.03 Å². The normalized spacial score (nSPS) is 10.6. The smallest absolute Gasteiger partial charge is 0.319 e. The van der Waals surface area contributed by atoms with Crippen molar-refractivity contribution in [2.24, 2.45) is 0 Å². The summed E-state index contributed by atoms with van der Waals surface area (Å²) in [7, 11) is 0. The molecular formula is C16H14BrFN2O. The minimum atomic E-state index is -0.317. The van der Waals surface area contributed by atoms with E-state index in [2.05, 4.69) is 26.6 Å². The Morgan fingerprint density at radius 2 is 2.00 bits per heavy atom. The van der Waals surface area contributed by atoms with E-state index in [0.29, 0.717) is 12.1 Å². The lowest BCUT2D eigenvalue weighted by Gasteiger charge is -2.05. The average molecular weight is 349 g/mol. The molecule has 0 radical (unpaired) electrons. The highest BCUT2D eigenvalue weighted by molar-refractivity contribution is 9.10. The SMILES string of the molecule is O=C(N/C=C/c1cccc(F)c1)NCc1cccc(Br)c1. The molecule has 0 spiro atoms. The van der Waals surface area contributed by atoms with Gasteiger partial charge in [-0.25, -0.2) is 9.18 Å². The van der Waals surface area contributed by atoms with Crippen molar-refractivity contribution in [3.8, 4) is 0 Å². The number of urea groups is 1. The van der Waals surface area contributed by atoms with Crippen molar-refractivity contribution in [2.75, 3.05) is 0 Å². The van der Waals surface area contributed by atoms with Crippen molar-refractivity contribution < 1.29 is 9.18 Å². The van der Waals surface area contributed by atoms with E-state index in [-0.39, 0.29) is 11.8 Å². The fraction of sp³-hybridized carbons (Fsp3) is 0.0625. The Morgan fingerprint density at radius 3 is 2.76 bits per heavy atom. The third-order valence-electron chi connectivity index (χ3n) is 2.68. The van der Waals surface area contributed by atoms with Gasteiger partial charge < -0.3 is 10.6 Å². The molecule has 0 fully saturated rings. The summed E-state index contributed by atoms with van der Waals surface area (Å²) in [4.78, 5) is 11.6. The Morgan fingerprint density at radius 1 is 1.19 bits per heavy atom. The minimum absolute atomic E-state index is 0.309. The van der Waals surface area contributed by atoms with Crippen LogP contribution in [0.1, 0.15) is 11.1 Å². The van der Waals surface area contributed by atoms with Gasteiger partial charge in [0.2, 0.25) is 0 Å². The Hall–Kier alpha value is -2.14. The number of rotatable bonds is 4. The predicted molar refractivity (Wildman–Crippen MR) is 84.9 cm³/mol. The number of amides is 2. The van der Waals surface area contributed by atoms with Crippen LogP contribution in [0.2, 0.25) is 0 Å².